The first-order chi connectivity index (χ1) is 21.8. The van der Waals surface area contributed by atoms with E-state index in [1.165, 1.54) is 0 Å². The highest BCUT2D eigenvalue weighted by atomic mass is 16.2. The molecule has 1 aliphatic carbocycles. The molecule has 1 saturated carbocycles. The van der Waals surface area contributed by atoms with Crippen LogP contribution in [0.4, 0.5) is 0 Å². The number of carbonyl (C=O) groups is 5. The Morgan fingerprint density at radius 2 is 1.46 bits per heavy atom. The Labute approximate surface area is 274 Å². The molecule has 0 spiro atoms. The van der Waals surface area contributed by atoms with Gasteiger partial charge in [0.05, 0.1) is 11.6 Å². The van der Waals surface area contributed by atoms with Crippen molar-refractivity contribution in [3.8, 4) is 0 Å². The predicted octanol–water partition coefficient (Wildman–Crippen LogP) is 1.72. The molecule has 1 heterocycles. The third-order valence-electron chi connectivity index (χ3n) is 8.43. The fourth-order valence-corrected chi connectivity index (χ4v) is 5.22. The molecule has 5 amide bonds. The van der Waals surface area contributed by atoms with Crippen LogP contribution in [0.1, 0.15) is 97.9 Å². The lowest BCUT2D eigenvalue weighted by atomic mass is 9.97. The number of nitrogens with one attached hydrogen (secondary N) is 7. The Kier molecular flexibility index (Phi) is 16.1. The van der Waals surface area contributed by atoms with Gasteiger partial charge in [-0.05, 0) is 50.4 Å². The van der Waals surface area contributed by atoms with Crippen LogP contribution in [0.15, 0.2) is 24.5 Å². The first-order valence-corrected chi connectivity index (χ1v) is 17.0. The number of likely N-dealkylation sites (N-methyl/N-ethyl adjacent to an activating group) is 1. The van der Waals surface area contributed by atoms with Crippen molar-refractivity contribution in [3.63, 3.8) is 0 Å². The van der Waals surface area contributed by atoms with Crippen LogP contribution in [0.25, 0.3) is 0 Å². The summed E-state index contributed by atoms with van der Waals surface area (Å²) in [6, 6.07) is 0.168. The molecule has 46 heavy (non-hydrogen) atoms. The minimum atomic E-state index is -0.808. The first kappa shape index (κ1) is 38.6. The van der Waals surface area contributed by atoms with Crippen molar-refractivity contribution in [2.75, 3.05) is 13.1 Å². The van der Waals surface area contributed by atoms with Gasteiger partial charge in [-0.1, -0.05) is 60.8 Å². The van der Waals surface area contributed by atoms with Crippen LogP contribution in [-0.2, 0) is 19.2 Å². The Morgan fingerprint density at radius 3 is 2.00 bits per heavy atom. The fraction of sp³-hybridized carbons (Fsp3) is 0.706. The number of hydrogen-bond acceptors (Lipinski definition) is 6. The van der Waals surface area contributed by atoms with Crippen molar-refractivity contribution in [2.24, 2.45) is 23.7 Å². The summed E-state index contributed by atoms with van der Waals surface area (Å²) in [6.07, 6.45) is 7.14. The predicted molar refractivity (Wildman–Crippen MR) is 177 cm³/mol. The molecule has 7 N–H and O–H groups in total. The van der Waals surface area contributed by atoms with Crippen LogP contribution in [0.5, 0.6) is 0 Å². The summed E-state index contributed by atoms with van der Waals surface area (Å²) in [5.74, 6) is -1.17. The molecule has 0 bridgehead atoms. The number of carbonyl (C=O) groups excluding carboxylic acids is 5. The van der Waals surface area contributed by atoms with E-state index in [9.17, 15) is 24.0 Å². The standard InChI is InChI=1S/C34H57N7O5/c1-9-22(7)29(41-31(43)25-13-15-35-16-14-25)34(46)39-27(18-24-11-12-24)32(44)38-26(17-20(3)4)19-37-23(8)30(42)40-28(21(5)6)33(45)36-10-2/h13-16,20-24,26-29,37H,9-12,17-19H2,1-8H3,(H,36,45)(H,38,44)(H,39,46)(H,40,42)(H,41,43)/p+1/t22-,23-,26?,27-,28?,29?/m0/s1. The van der Waals surface area contributed by atoms with Gasteiger partial charge in [-0.25, -0.2) is 4.98 Å². The molecule has 0 radical (unpaired) electrons. The molecule has 12 heteroatoms. The zero-order valence-corrected chi connectivity index (χ0v) is 29.0. The number of rotatable bonds is 20. The minimum Gasteiger partial charge on any atom is -0.355 e. The number of H-pyrrole nitrogens is 1. The molecular formula is C34H58N7O5+. The highest BCUT2D eigenvalue weighted by Crippen LogP contribution is 2.33. The normalized spacial score (nSPS) is 16.8. The van der Waals surface area contributed by atoms with E-state index in [0.29, 0.717) is 43.8 Å². The van der Waals surface area contributed by atoms with Crippen molar-refractivity contribution < 1.29 is 29.0 Å². The van der Waals surface area contributed by atoms with Gasteiger partial charge in [-0.15, -0.1) is 0 Å². The van der Waals surface area contributed by atoms with Gasteiger partial charge in [0.15, 0.2) is 12.4 Å². The van der Waals surface area contributed by atoms with Crippen LogP contribution in [0, 0.1) is 23.7 Å². The number of amides is 5. The van der Waals surface area contributed by atoms with Crippen molar-refractivity contribution in [3.05, 3.63) is 30.1 Å². The van der Waals surface area contributed by atoms with E-state index in [1.54, 1.807) is 31.5 Å². The van der Waals surface area contributed by atoms with E-state index in [0.717, 1.165) is 12.8 Å². The lowest BCUT2D eigenvalue weighted by molar-refractivity contribution is -0.378. The quantitative estimate of drug-likeness (QED) is 0.126. The third kappa shape index (κ3) is 13.1. The Morgan fingerprint density at radius 1 is 0.804 bits per heavy atom. The second-order valence-electron chi connectivity index (χ2n) is 13.5. The Bertz CT molecular complexity index is 1140. The van der Waals surface area contributed by atoms with E-state index in [-0.39, 0.29) is 53.3 Å². The molecule has 0 aromatic carbocycles. The second kappa shape index (κ2) is 19.2. The lowest BCUT2D eigenvalue weighted by Gasteiger charge is -2.29. The van der Waals surface area contributed by atoms with Crippen molar-refractivity contribution in [2.45, 2.75) is 118 Å². The highest BCUT2D eigenvalue weighted by molar-refractivity contribution is 5.98. The van der Waals surface area contributed by atoms with Gasteiger partial charge in [-0.2, -0.15) is 0 Å². The van der Waals surface area contributed by atoms with Gasteiger partial charge in [0, 0.05) is 31.3 Å². The van der Waals surface area contributed by atoms with Gasteiger partial charge in [-0.3, -0.25) is 24.0 Å². The molecule has 258 valence electrons. The van der Waals surface area contributed by atoms with Crippen molar-refractivity contribution >= 4 is 29.5 Å². The molecule has 1 fully saturated rings. The average molecular weight is 645 g/mol. The van der Waals surface area contributed by atoms with Gasteiger partial charge >= 0.3 is 0 Å². The maximum Gasteiger partial charge on any atom is 0.252 e. The smallest absolute Gasteiger partial charge is 0.252 e. The topological polar surface area (TPSA) is 172 Å². The zero-order chi connectivity index (χ0) is 34.4. The Balaban J connectivity index is 2.10. The van der Waals surface area contributed by atoms with Crippen molar-refractivity contribution in [1.82, 2.24) is 31.9 Å². The number of hydrogen-bond donors (Lipinski definition) is 6. The zero-order valence-electron chi connectivity index (χ0n) is 29.0. The summed E-state index contributed by atoms with van der Waals surface area (Å²) in [6.45, 7) is 16.1. The van der Waals surface area contributed by atoms with Crippen LogP contribution < -0.4 is 36.9 Å². The third-order valence-corrected chi connectivity index (χ3v) is 8.43. The van der Waals surface area contributed by atoms with E-state index < -0.39 is 24.2 Å². The summed E-state index contributed by atoms with van der Waals surface area (Å²) < 4.78 is 0. The second-order valence-corrected chi connectivity index (χ2v) is 13.5. The summed E-state index contributed by atoms with van der Waals surface area (Å²) in [7, 11) is 0. The van der Waals surface area contributed by atoms with Gasteiger partial charge < -0.3 is 31.9 Å². The molecule has 0 saturated heterocycles. The lowest BCUT2D eigenvalue weighted by Crippen LogP contribution is -2.58. The maximum atomic E-state index is 13.7. The van der Waals surface area contributed by atoms with E-state index in [1.807, 2.05) is 34.6 Å². The molecule has 3 unspecified atom stereocenters. The number of pyridine rings is 1. The van der Waals surface area contributed by atoms with Crippen LogP contribution in [0.3, 0.4) is 0 Å². The maximum absolute atomic E-state index is 13.7. The van der Waals surface area contributed by atoms with Crippen LogP contribution in [0.2, 0.25) is 0 Å². The molecule has 1 aromatic heterocycles. The monoisotopic (exact) mass is 644 g/mol. The average Bonchev–Trinajstić information content (AvgIpc) is 3.84. The molecule has 2 rings (SSSR count). The molecule has 1 aromatic rings. The first-order valence-electron chi connectivity index (χ1n) is 17.0. The number of aromatic nitrogens is 1. The summed E-state index contributed by atoms with van der Waals surface area (Å²) in [5, 5.41) is 17.8. The SMILES string of the molecule is CCNC(=O)C(NC(=O)[C@H](C)NCC(CC(C)C)NC(=O)[C@H](CC1CC1)NC(=O)C(NC(=O)c1cc[nH+]cc1)[C@@H](C)CC)C(C)C. The Hall–Kier alpha value is -3.54. The summed E-state index contributed by atoms with van der Waals surface area (Å²) >= 11 is 0. The molecule has 6 atom stereocenters. The molecular weight excluding hydrogens is 586 g/mol. The fourth-order valence-electron chi connectivity index (χ4n) is 5.22. The van der Waals surface area contributed by atoms with Crippen LogP contribution in [-0.4, -0.2) is 72.8 Å². The number of aromatic amines is 1. The highest BCUT2D eigenvalue weighted by Gasteiger charge is 2.35. The van der Waals surface area contributed by atoms with Gasteiger partial charge in [0.25, 0.3) is 5.91 Å². The van der Waals surface area contributed by atoms with Crippen molar-refractivity contribution in [1.29, 1.82) is 0 Å². The van der Waals surface area contributed by atoms with E-state index in [2.05, 4.69) is 50.7 Å². The van der Waals surface area contributed by atoms with E-state index in [4.69, 9.17) is 0 Å². The van der Waals surface area contributed by atoms with Crippen LogP contribution >= 0.6 is 0 Å². The van der Waals surface area contributed by atoms with Gasteiger partial charge in [0.2, 0.25) is 23.6 Å². The molecule has 1 aliphatic rings. The van der Waals surface area contributed by atoms with Gasteiger partial charge in [0.1, 0.15) is 18.1 Å². The minimum absolute atomic E-state index is 0.0838. The molecule has 12 nitrogen and oxygen atoms in total. The summed E-state index contributed by atoms with van der Waals surface area (Å²) in [4.78, 5) is 68.5. The molecule has 0 aliphatic heterocycles. The summed E-state index contributed by atoms with van der Waals surface area (Å²) in [5.41, 5.74) is 0.433. The largest absolute Gasteiger partial charge is 0.355 e. The van der Waals surface area contributed by atoms with E-state index >= 15 is 0 Å².